The first kappa shape index (κ1) is 22.1. The van der Waals surface area contributed by atoms with Crippen molar-refractivity contribution in [3.63, 3.8) is 0 Å². The molecule has 136 valence electrons. The molecule has 5 heteroatoms. The summed E-state index contributed by atoms with van der Waals surface area (Å²) in [6.45, 7) is 6.18. The molecule has 0 atom stereocenters. The van der Waals surface area contributed by atoms with Gasteiger partial charge in [-0.15, -0.1) is 0 Å². The second-order valence-corrected chi connectivity index (χ2v) is 6.03. The van der Waals surface area contributed by atoms with Crippen molar-refractivity contribution in [1.82, 2.24) is 10.6 Å². The molecule has 0 aromatic carbocycles. The molecule has 0 aliphatic heterocycles. The largest absolute Gasteiger partial charge is 0.391 e. The minimum atomic E-state index is -0.492. The van der Waals surface area contributed by atoms with E-state index in [4.69, 9.17) is 4.74 Å². The highest BCUT2D eigenvalue weighted by molar-refractivity contribution is 5.87. The second-order valence-electron chi connectivity index (χ2n) is 6.03. The van der Waals surface area contributed by atoms with Gasteiger partial charge in [0.25, 0.3) is 0 Å². The Labute approximate surface area is 141 Å². The Kier molecular flexibility index (Phi) is 16.7. The Morgan fingerprint density at radius 3 is 1.43 bits per heavy atom. The molecular formula is C18H36N2O3. The summed E-state index contributed by atoms with van der Waals surface area (Å²) in [5.41, 5.74) is 0. The number of nitrogens with one attached hydrogen (secondary N) is 2. The quantitative estimate of drug-likeness (QED) is 0.259. The molecule has 0 bridgehead atoms. The molecule has 0 spiro atoms. The van der Waals surface area contributed by atoms with Crippen molar-refractivity contribution in [2.24, 2.45) is 0 Å². The van der Waals surface area contributed by atoms with Gasteiger partial charge in [0, 0.05) is 0 Å². The van der Waals surface area contributed by atoms with Crippen LogP contribution in [0.5, 0.6) is 0 Å². The fourth-order valence-electron chi connectivity index (χ4n) is 2.29. The third kappa shape index (κ3) is 17.2. The number of hydrogen-bond acceptors (Lipinski definition) is 5. The van der Waals surface area contributed by atoms with Gasteiger partial charge < -0.3 is 15.4 Å². The summed E-state index contributed by atoms with van der Waals surface area (Å²) in [5.74, 6) is -0.985. The van der Waals surface area contributed by atoms with Gasteiger partial charge >= 0.3 is 11.9 Å². The maximum absolute atomic E-state index is 11.5. The van der Waals surface area contributed by atoms with Crippen LogP contribution in [0.15, 0.2) is 0 Å². The standard InChI is InChI=1S/C18H36N2O3/c1-3-5-7-9-11-13-19-15-17(21)23-18(22)16-20-14-12-10-8-6-4-2/h19-20H,3-16H2,1-2H3. The van der Waals surface area contributed by atoms with Crippen LogP contribution in [0, 0.1) is 0 Å². The summed E-state index contributed by atoms with van der Waals surface area (Å²) in [6.07, 6.45) is 11.9. The number of ether oxygens (including phenoxy) is 1. The smallest absolute Gasteiger partial charge is 0.327 e. The molecule has 0 rings (SSSR count). The average molecular weight is 328 g/mol. The Bertz CT molecular complexity index is 268. The summed E-state index contributed by atoms with van der Waals surface area (Å²) in [7, 11) is 0. The van der Waals surface area contributed by atoms with Gasteiger partial charge in [0.15, 0.2) is 0 Å². The number of rotatable bonds is 16. The van der Waals surface area contributed by atoms with E-state index in [0.717, 1.165) is 25.9 Å². The fraction of sp³-hybridized carbons (Fsp3) is 0.889. The molecular weight excluding hydrogens is 292 g/mol. The summed E-state index contributed by atoms with van der Waals surface area (Å²) in [4.78, 5) is 22.9. The maximum Gasteiger partial charge on any atom is 0.327 e. The zero-order valence-corrected chi connectivity index (χ0v) is 15.1. The molecule has 0 fully saturated rings. The van der Waals surface area contributed by atoms with E-state index in [2.05, 4.69) is 24.5 Å². The number of carbonyl (C=O) groups excluding carboxylic acids is 2. The highest BCUT2D eigenvalue weighted by Gasteiger charge is 2.09. The van der Waals surface area contributed by atoms with Crippen LogP contribution in [-0.2, 0) is 14.3 Å². The van der Waals surface area contributed by atoms with Crippen LogP contribution in [0.3, 0.4) is 0 Å². The lowest BCUT2D eigenvalue weighted by molar-refractivity contribution is -0.158. The van der Waals surface area contributed by atoms with Gasteiger partial charge in [-0.3, -0.25) is 9.59 Å². The number of esters is 2. The Hall–Kier alpha value is -0.940. The highest BCUT2D eigenvalue weighted by Crippen LogP contribution is 2.01. The molecule has 0 saturated carbocycles. The van der Waals surface area contributed by atoms with Crippen molar-refractivity contribution in [2.75, 3.05) is 26.2 Å². The lowest BCUT2D eigenvalue weighted by Gasteiger charge is -2.06. The van der Waals surface area contributed by atoms with E-state index < -0.39 is 11.9 Å². The molecule has 0 amide bonds. The van der Waals surface area contributed by atoms with Gasteiger partial charge in [-0.25, -0.2) is 0 Å². The molecule has 0 saturated heterocycles. The lowest BCUT2D eigenvalue weighted by Crippen LogP contribution is -2.31. The van der Waals surface area contributed by atoms with E-state index >= 15 is 0 Å². The predicted octanol–water partition coefficient (Wildman–Crippen LogP) is 3.18. The molecule has 0 aliphatic carbocycles. The molecule has 0 aromatic heterocycles. The summed E-state index contributed by atoms with van der Waals surface area (Å²) in [6, 6.07) is 0. The molecule has 0 radical (unpaired) electrons. The lowest BCUT2D eigenvalue weighted by atomic mass is 10.1. The number of hydrogen-bond donors (Lipinski definition) is 2. The van der Waals surface area contributed by atoms with Gasteiger partial charge in [0.05, 0.1) is 13.1 Å². The molecule has 23 heavy (non-hydrogen) atoms. The van der Waals surface area contributed by atoms with Gasteiger partial charge in [-0.2, -0.15) is 0 Å². The topological polar surface area (TPSA) is 67.4 Å². The van der Waals surface area contributed by atoms with Crippen molar-refractivity contribution in [1.29, 1.82) is 0 Å². The molecule has 0 unspecified atom stereocenters. The Morgan fingerprint density at radius 1 is 0.652 bits per heavy atom. The van der Waals surface area contributed by atoms with Gasteiger partial charge in [0.2, 0.25) is 0 Å². The van der Waals surface area contributed by atoms with E-state index in [-0.39, 0.29) is 13.1 Å². The Morgan fingerprint density at radius 2 is 1.04 bits per heavy atom. The van der Waals surface area contributed by atoms with Crippen LogP contribution < -0.4 is 10.6 Å². The average Bonchev–Trinajstić information content (AvgIpc) is 2.53. The molecule has 2 N–H and O–H groups in total. The predicted molar refractivity (Wildman–Crippen MR) is 94.4 cm³/mol. The first-order chi connectivity index (χ1) is 11.2. The second kappa shape index (κ2) is 17.4. The third-order valence-corrected chi connectivity index (χ3v) is 3.68. The summed E-state index contributed by atoms with van der Waals surface area (Å²) in [5, 5.41) is 6.03. The first-order valence-corrected chi connectivity index (χ1v) is 9.35. The van der Waals surface area contributed by atoms with Gasteiger partial charge in [-0.05, 0) is 25.9 Å². The van der Waals surface area contributed by atoms with E-state index in [9.17, 15) is 9.59 Å². The SMILES string of the molecule is CCCCCCCNCC(=O)OC(=O)CNCCCCCCC. The van der Waals surface area contributed by atoms with E-state index in [1.54, 1.807) is 0 Å². The molecule has 0 aliphatic rings. The van der Waals surface area contributed by atoms with Crippen LogP contribution in [0.4, 0.5) is 0 Å². The summed E-state index contributed by atoms with van der Waals surface area (Å²) >= 11 is 0. The van der Waals surface area contributed by atoms with E-state index in [1.165, 1.54) is 51.4 Å². The highest BCUT2D eigenvalue weighted by atomic mass is 16.6. The van der Waals surface area contributed by atoms with E-state index in [1.807, 2.05) is 0 Å². The molecule has 5 nitrogen and oxygen atoms in total. The van der Waals surface area contributed by atoms with Crippen molar-refractivity contribution in [3.8, 4) is 0 Å². The van der Waals surface area contributed by atoms with Gasteiger partial charge in [-0.1, -0.05) is 65.2 Å². The van der Waals surface area contributed by atoms with Crippen LogP contribution in [-0.4, -0.2) is 38.1 Å². The maximum atomic E-state index is 11.5. The minimum Gasteiger partial charge on any atom is -0.391 e. The van der Waals surface area contributed by atoms with E-state index in [0.29, 0.717) is 0 Å². The van der Waals surface area contributed by atoms with Crippen LogP contribution in [0.1, 0.15) is 78.1 Å². The fourth-order valence-corrected chi connectivity index (χ4v) is 2.29. The molecule has 0 heterocycles. The molecule has 0 aromatic rings. The van der Waals surface area contributed by atoms with Crippen LogP contribution in [0.25, 0.3) is 0 Å². The minimum absolute atomic E-state index is 0.108. The van der Waals surface area contributed by atoms with Crippen LogP contribution in [0.2, 0.25) is 0 Å². The zero-order valence-electron chi connectivity index (χ0n) is 15.1. The first-order valence-electron chi connectivity index (χ1n) is 9.35. The number of carbonyl (C=O) groups is 2. The van der Waals surface area contributed by atoms with Crippen LogP contribution >= 0.6 is 0 Å². The van der Waals surface area contributed by atoms with Gasteiger partial charge in [0.1, 0.15) is 0 Å². The van der Waals surface area contributed by atoms with Crippen molar-refractivity contribution >= 4 is 11.9 Å². The van der Waals surface area contributed by atoms with Crippen molar-refractivity contribution in [2.45, 2.75) is 78.1 Å². The van der Waals surface area contributed by atoms with Crippen molar-refractivity contribution in [3.05, 3.63) is 0 Å². The Balaban J connectivity index is 3.36. The zero-order chi connectivity index (χ0) is 17.2. The summed E-state index contributed by atoms with van der Waals surface area (Å²) < 4.78 is 4.74. The normalized spacial score (nSPS) is 10.7. The third-order valence-electron chi connectivity index (χ3n) is 3.68. The number of unbranched alkanes of at least 4 members (excludes halogenated alkanes) is 8. The monoisotopic (exact) mass is 328 g/mol. The van der Waals surface area contributed by atoms with Crippen molar-refractivity contribution < 1.29 is 14.3 Å².